The topological polar surface area (TPSA) is 49.4 Å². The van der Waals surface area contributed by atoms with Crippen molar-refractivity contribution in [3.63, 3.8) is 0 Å². The zero-order valence-electron chi connectivity index (χ0n) is 13.0. The van der Waals surface area contributed by atoms with Crippen molar-refractivity contribution < 1.29 is 9.59 Å². The summed E-state index contributed by atoms with van der Waals surface area (Å²) in [5, 5.41) is 3.16. The summed E-state index contributed by atoms with van der Waals surface area (Å²) in [5.41, 5.74) is 3.42. The molecular formula is C18H17BrN2O2. The van der Waals surface area contributed by atoms with Crippen LogP contribution in [0.5, 0.6) is 0 Å². The van der Waals surface area contributed by atoms with Crippen LogP contribution in [0.2, 0.25) is 0 Å². The standard InChI is InChI=1S/C18H17BrN2O2/c1-11-7-8-12(2)16(9-11)21-17(22)10-15(18(21)23)20-14-6-4-3-5-13(14)19/h3-9,15,20H,10H2,1-2H3. The summed E-state index contributed by atoms with van der Waals surface area (Å²) in [4.78, 5) is 26.4. The molecule has 0 bridgehead atoms. The molecule has 3 rings (SSSR count). The number of carbonyl (C=O) groups excluding carboxylic acids is 2. The molecule has 1 aliphatic heterocycles. The number of amides is 2. The molecule has 118 valence electrons. The number of hydrogen-bond acceptors (Lipinski definition) is 3. The lowest BCUT2D eigenvalue weighted by molar-refractivity contribution is -0.121. The summed E-state index contributed by atoms with van der Waals surface area (Å²) < 4.78 is 0.866. The van der Waals surface area contributed by atoms with Gasteiger partial charge >= 0.3 is 0 Å². The van der Waals surface area contributed by atoms with Gasteiger partial charge in [0.25, 0.3) is 5.91 Å². The number of nitrogens with one attached hydrogen (secondary N) is 1. The zero-order valence-corrected chi connectivity index (χ0v) is 14.6. The van der Waals surface area contributed by atoms with Crippen molar-refractivity contribution in [2.24, 2.45) is 0 Å². The molecule has 0 aromatic heterocycles. The molecule has 1 fully saturated rings. The van der Waals surface area contributed by atoms with Crippen molar-refractivity contribution in [1.29, 1.82) is 0 Å². The lowest BCUT2D eigenvalue weighted by Gasteiger charge is -2.19. The molecule has 2 aromatic carbocycles. The van der Waals surface area contributed by atoms with Crippen LogP contribution in [0.25, 0.3) is 0 Å². The van der Waals surface area contributed by atoms with Gasteiger partial charge in [0.15, 0.2) is 0 Å². The smallest absolute Gasteiger partial charge is 0.256 e. The van der Waals surface area contributed by atoms with Crippen molar-refractivity contribution in [3.05, 3.63) is 58.1 Å². The Hall–Kier alpha value is -2.14. The largest absolute Gasteiger partial charge is 0.372 e. The Morgan fingerprint density at radius 3 is 2.61 bits per heavy atom. The molecule has 4 nitrogen and oxygen atoms in total. The lowest BCUT2D eigenvalue weighted by Crippen LogP contribution is -2.35. The normalized spacial score (nSPS) is 17.7. The predicted octanol–water partition coefficient (Wildman–Crippen LogP) is 3.81. The van der Waals surface area contributed by atoms with Crippen molar-refractivity contribution in [2.45, 2.75) is 26.3 Å². The molecule has 0 radical (unpaired) electrons. The number of anilines is 2. The van der Waals surface area contributed by atoms with Gasteiger partial charge in [-0.2, -0.15) is 0 Å². The van der Waals surface area contributed by atoms with Gasteiger partial charge in [0.1, 0.15) is 6.04 Å². The molecule has 1 aliphatic rings. The molecule has 1 heterocycles. The molecule has 23 heavy (non-hydrogen) atoms. The molecule has 1 N–H and O–H groups in total. The van der Waals surface area contributed by atoms with Crippen LogP contribution in [0.4, 0.5) is 11.4 Å². The van der Waals surface area contributed by atoms with E-state index in [9.17, 15) is 9.59 Å². The van der Waals surface area contributed by atoms with E-state index in [-0.39, 0.29) is 18.2 Å². The summed E-state index contributed by atoms with van der Waals surface area (Å²) >= 11 is 3.45. The van der Waals surface area contributed by atoms with Gasteiger partial charge in [-0.05, 0) is 59.1 Å². The minimum absolute atomic E-state index is 0.160. The molecule has 5 heteroatoms. The lowest BCUT2D eigenvalue weighted by atomic mass is 10.1. The van der Waals surface area contributed by atoms with Crippen LogP contribution in [-0.2, 0) is 9.59 Å². The van der Waals surface area contributed by atoms with Crippen LogP contribution in [0.3, 0.4) is 0 Å². The molecule has 1 unspecified atom stereocenters. The molecule has 0 aliphatic carbocycles. The van der Waals surface area contributed by atoms with Gasteiger partial charge in [0.2, 0.25) is 5.91 Å². The SMILES string of the molecule is Cc1ccc(C)c(N2C(=O)CC(Nc3ccccc3Br)C2=O)c1. The van der Waals surface area contributed by atoms with Crippen LogP contribution in [0, 0.1) is 13.8 Å². The highest BCUT2D eigenvalue weighted by atomic mass is 79.9. The first kappa shape index (κ1) is 15.7. The van der Waals surface area contributed by atoms with Crippen molar-refractivity contribution >= 4 is 39.1 Å². The first-order valence-electron chi connectivity index (χ1n) is 7.42. The second kappa shape index (κ2) is 6.16. The van der Waals surface area contributed by atoms with Crippen molar-refractivity contribution in [2.75, 3.05) is 10.2 Å². The molecule has 0 spiro atoms. The maximum absolute atomic E-state index is 12.7. The quantitative estimate of drug-likeness (QED) is 0.833. The summed E-state index contributed by atoms with van der Waals surface area (Å²) in [6.07, 6.45) is 0.160. The molecule has 1 saturated heterocycles. The van der Waals surface area contributed by atoms with Crippen LogP contribution in [-0.4, -0.2) is 17.9 Å². The number of aryl methyl sites for hydroxylation is 2. The summed E-state index contributed by atoms with van der Waals surface area (Å²) in [5.74, 6) is -0.382. The number of imide groups is 1. The Morgan fingerprint density at radius 1 is 1.13 bits per heavy atom. The van der Waals surface area contributed by atoms with E-state index in [2.05, 4.69) is 21.2 Å². The molecule has 2 aromatic rings. The van der Waals surface area contributed by atoms with E-state index in [0.717, 1.165) is 21.3 Å². The molecule has 2 amide bonds. The second-order valence-electron chi connectivity index (χ2n) is 5.74. The zero-order chi connectivity index (χ0) is 16.6. The highest BCUT2D eigenvalue weighted by molar-refractivity contribution is 9.10. The summed E-state index contributed by atoms with van der Waals surface area (Å²) in [6, 6.07) is 12.8. The molecule has 0 saturated carbocycles. The first-order valence-corrected chi connectivity index (χ1v) is 8.22. The maximum Gasteiger partial charge on any atom is 0.256 e. The van der Waals surface area contributed by atoms with E-state index in [1.807, 2.05) is 56.3 Å². The fourth-order valence-corrected chi connectivity index (χ4v) is 3.12. The number of carbonyl (C=O) groups is 2. The van der Waals surface area contributed by atoms with E-state index < -0.39 is 6.04 Å². The van der Waals surface area contributed by atoms with Crippen molar-refractivity contribution in [1.82, 2.24) is 0 Å². The number of halogens is 1. The highest BCUT2D eigenvalue weighted by Gasteiger charge is 2.40. The summed E-state index contributed by atoms with van der Waals surface area (Å²) in [6.45, 7) is 3.86. The predicted molar refractivity (Wildman–Crippen MR) is 94.6 cm³/mol. The van der Waals surface area contributed by atoms with Gasteiger partial charge < -0.3 is 5.32 Å². The Morgan fingerprint density at radius 2 is 1.87 bits per heavy atom. The third kappa shape index (κ3) is 3.01. The Bertz CT molecular complexity index is 788. The van der Waals surface area contributed by atoms with Crippen LogP contribution < -0.4 is 10.2 Å². The Kier molecular flexibility index (Phi) is 4.22. The number of benzene rings is 2. The third-order valence-electron chi connectivity index (χ3n) is 3.96. The van der Waals surface area contributed by atoms with Gasteiger partial charge in [-0.1, -0.05) is 24.3 Å². The van der Waals surface area contributed by atoms with Crippen molar-refractivity contribution in [3.8, 4) is 0 Å². The fourth-order valence-electron chi connectivity index (χ4n) is 2.72. The van der Waals surface area contributed by atoms with E-state index in [0.29, 0.717) is 5.69 Å². The number of hydrogen-bond donors (Lipinski definition) is 1. The fraction of sp³-hybridized carbons (Fsp3) is 0.222. The second-order valence-corrected chi connectivity index (χ2v) is 6.59. The third-order valence-corrected chi connectivity index (χ3v) is 4.65. The molecule has 1 atom stereocenters. The minimum atomic E-state index is -0.541. The first-order chi connectivity index (χ1) is 11.0. The number of para-hydroxylation sites is 1. The van der Waals surface area contributed by atoms with Gasteiger partial charge in [-0.15, -0.1) is 0 Å². The van der Waals surface area contributed by atoms with E-state index in [1.165, 1.54) is 4.90 Å². The minimum Gasteiger partial charge on any atom is -0.372 e. The van der Waals surface area contributed by atoms with Gasteiger partial charge in [0, 0.05) is 10.2 Å². The van der Waals surface area contributed by atoms with E-state index in [1.54, 1.807) is 0 Å². The molecular weight excluding hydrogens is 356 g/mol. The number of nitrogens with zero attached hydrogens (tertiary/aromatic N) is 1. The summed E-state index contributed by atoms with van der Waals surface area (Å²) in [7, 11) is 0. The Balaban J connectivity index is 1.88. The average molecular weight is 373 g/mol. The number of rotatable bonds is 3. The van der Waals surface area contributed by atoms with Crippen LogP contribution in [0.1, 0.15) is 17.5 Å². The monoisotopic (exact) mass is 372 g/mol. The van der Waals surface area contributed by atoms with E-state index in [4.69, 9.17) is 0 Å². The highest BCUT2D eigenvalue weighted by Crippen LogP contribution is 2.30. The van der Waals surface area contributed by atoms with Gasteiger partial charge in [0.05, 0.1) is 12.1 Å². The van der Waals surface area contributed by atoms with Crippen LogP contribution >= 0.6 is 15.9 Å². The van der Waals surface area contributed by atoms with Gasteiger partial charge in [-0.25, -0.2) is 4.90 Å². The van der Waals surface area contributed by atoms with Gasteiger partial charge in [-0.3, -0.25) is 9.59 Å². The average Bonchev–Trinajstić information content (AvgIpc) is 2.79. The maximum atomic E-state index is 12.7. The Labute approximate surface area is 143 Å². The van der Waals surface area contributed by atoms with Crippen LogP contribution in [0.15, 0.2) is 46.9 Å². The van der Waals surface area contributed by atoms with E-state index >= 15 is 0 Å².